The van der Waals surface area contributed by atoms with Crippen LogP contribution in [0, 0.1) is 0 Å². The van der Waals surface area contributed by atoms with Gasteiger partial charge in [-0.05, 0) is 56.5 Å². The summed E-state index contributed by atoms with van der Waals surface area (Å²) in [6, 6.07) is 8.14. The maximum atomic E-state index is 13.3. The molecule has 1 aliphatic rings. The van der Waals surface area contributed by atoms with Gasteiger partial charge in [0.15, 0.2) is 0 Å². The molecule has 1 amide bonds. The fraction of sp³-hybridized carbons (Fsp3) is 0.400. The van der Waals surface area contributed by atoms with Gasteiger partial charge in [-0.15, -0.1) is 0 Å². The molecular formula is C25H27ClF3N5O. The van der Waals surface area contributed by atoms with E-state index in [4.69, 9.17) is 11.6 Å². The van der Waals surface area contributed by atoms with Crippen LogP contribution in [0.25, 0.3) is 11.1 Å². The number of nitrogens with zero attached hydrogens (tertiary/aromatic N) is 3. The van der Waals surface area contributed by atoms with Gasteiger partial charge in [0.2, 0.25) is 0 Å². The Kier molecular flexibility index (Phi) is 7.47. The van der Waals surface area contributed by atoms with Crippen molar-refractivity contribution in [3.8, 4) is 11.1 Å². The highest BCUT2D eigenvalue weighted by atomic mass is 35.5. The lowest BCUT2D eigenvalue weighted by Gasteiger charge is -2.32. The van der Waals surface area contributed by atoms with Gasteiger partial charge in [0.25, 0.3) is 5.91 Å². The van der Waals surface area contributed by atoms with Crippen molar-refractivity contribution in [2.24, 2.45) is 0 Å². The van der Waals surface area contributed by atoms with Crippen molar-refractivity contribution in [1.82, 2.24) is 25.4 Å². The first-order chi connectivity index (χ1) is 16.6. The third-order valence-corrected chi connectivity index (χ3v) is 6.54. The Morgan fingerprint density at radius 2 is 2.03 bits per heavy atom. The quantitative estimate of drug-likeness (QED) is 0.443. The first-order valence-electron chi connectivity index (χ1n) is 11.6. The molecule has 3 aromatic rings. The molecule has 0 spiro atoms. The number of halogens is 4. The van der Waals surface area contributed by atoms with Crippen molar-refractivity contribution in [2.45, 2.75) is 57.4 Å². The van der Waals surface area contributed by atoms with E-state index in [2.05, 4.69) is 20.7 Å². The number of alkyl halides is 3. The lowest BCUT2D eigenvalue weighted by atomic mass is 9.91. The summed E-state index contributed by atoms with van der Waals surface area (Å²) >= 11 is 5.97. The normalized spacial score (nSPS) is 17.4. The molecule has 0 saturated carbocycles. The molecule has 1 aliphatic heterocycles. The molecule has 35 heavy (non-hydrogen) atoms. The smallest absolute Gasteiger partial charge is 0.342 e. The number of carbonyl (C=O) groups is 1. The van der Waals surface area contributed by atoms with Crippen molar-refractivity contribution < 1.29 is 18.0 Å². The number of pyridine rings is 1. The van der Waals surface area contributed by atoms with E-state index in [1.807, 2.05) is 49.0 Å². The summed E-state index contributed by atoms with van der Waals surface area (Å²) in [5, 5.41) is 10.0. The van der Waals surface area contributed by atoms with Crippen LogP contribution in [0.2, 0.25) is 5.02 Å². The monoisotopic (exact) mass is 505 g/mol. The Bertz CT molecular complexity index is 1190. The SMILES string of the molecule is CC(C)n1cc(-c2cccc(C(NC(=O)c3nccc(C(F)(F)F)c3Cl)[C@@H]3CCCCN3)c2)cn1. The molecule has 0 radical (unpaired) electrons. The average Bonchev–Trinajstić information content (AvgIpc) is 3.33. The largest absolute Gasteiger partial charge is 0.417 e. The Labute approximate surface area is 206 Å². The second kappa shape index (κ2) is 10.4. The van der Waals surface area contributed by atoms with E-state index in [1.54, 1.807) is 6.20 Å². The third kappa shape index (κ3) is 5.67. The van der Waals surface area contributed by atoms with Crippen LogP contribution in [0.1, 0.15) is 66.8 Å². The Morgan fingerprint density at radius 3 is 2.69 bits per heavy atom. The Balaban J connectivity index is 1.67. The van der Waals surface area contributed by atoms with Crippen LogP contribution >= 0.6 is 11.6 Å². The third-order valence-electron chi connectivity index (χ3n) is 6.16. The summed E-state index contributed by atoms with van der Waals surface area (Å²) in [5.74, 6) is -0.753. The zero-order valence-corrected chi connectivity index (χ0v) is 20.2. The molecule has 1 aromatic carbocycles. The molecule has 2 atom stereocenters. The zero-order valence-electron chi connectivity index (χ0n) is 19.4. The van der Waals surface area contributed by atoms with Gasteiger partial charge >= 0.3 is 6.18 Å². The van der Waals surface area contributed by atoms with Gasteiger partial charge in [-0.2, -0.15) is 18.3 Å². The molecule has 0 bridgehead atoms. The standard InChI is InChI=1S/C25H27ClF3N5O/c1-15(2)34-14-18(13-32-34)16-6-5-7-17(12-16)22(20-8-3-4-10-30-20)33-24(35)23-21(26)19(9-11-31-23)25(27,28)29/h5-7,9,11-15,20,22,30H,3-4,8,10H2,1-2H3,(H,33,35)/t20-,22?/m0/s1. The van der Waals surface area contributed by atoms with Crippen molar-refractivity contribution in [1.29, 1.82) is 0 Å². The molecule has 1 unspecified atom stereocenters. The molecule has 6 nitrogen and oxygen atoms in total. The Hall–Kier alpha value is -2.91. The molecule has 186 valence electrons. The molecule has 1 saturated heterocycles. The fourth-order valence-corrected chi connectivity index (χ4v) is 4.60. The van der Waals surface area contributed by atoms with E-state index >= 15 is 0 Å². The molecule has 0 aliphatic carbocycles. The van der Waals surface area contributed by atoms with Gasteiger partial charge < -0.3 is 10.6 Å². The molecule has 2 N–H and O–H groups in total. The van der Waals surface area contributed by atoms with Crippen LogP contribution < -0.4 is 10.6 Å². The van der Waals surface area contributed by atoms with E-state index in [-0.39, 0.29) is 12.1 Å². The van der Waals surface area contributed by atoms with Gasteiger partial charge in [-0.1, -0.05) is 36.2 Å². The summed E-state index contributed by atoms with van der Waals surface area (Å²) in [6.07, 6.45) is 2.82. The van der Waals surface area contributed by atoms with Gasteiger partial charge in [0.1, 0.15) is 5.69 Å². The van der Waals surface area contributed by atoms with Gasteiger partial charge in [-0.3, -0.25) is 9.48 Å². The Morgan fingerprint density at radius 1 is 1.23 bits per heavy atom. The van der Waals surface area contributed by atoms with E-state index in [9.17, 15) is 18.0 Å². The molecule has 2 aromatic heterocycles. The number of nitrogens with one attached hydrogen (secondary N) is 2. The van der Waals surface area contributed by atoms with Crippen LogP contribution in [-0.4, -0.2) is 33.3 Å². The second-order valence-corrected chi connectivity index (χ2v) is 9.33. The predicted molar refractivity (Wildman–Crippen MR) is 128 cm³/mol. The summed E-state index contributed by atoms with van der Waals surface area (Å²) in [7, 11) is 0. The van der Waals surface area contributed by atoms with Crippen molar-refractivity contribution in [3.63, 3.8) is 0 Å². The number of hydrogen-bond donors (Lipinski definition) is 2. The number of amides is 1. The highest BCUT2D eigenvalue weighted by molar-refractivity contribution is 6.34. The predicted octanol–water partition coefficient (Wildman–Crippen LogP) is 5.81. The van der Waals surface area contributed by atoms with Crippen molar-refractivity contribution >= 4 is 17.5 Å². The van der Waals surface area contributed by atoms with Gasteiger partial charge in [0.05, 0.1) is 22.8 Å². The first-order valence-corrected chi connectivity index (χ1v) is 11.9. The van der Waals surface area contributed by atoms with Gasteiger partial charge in [0, 0.05) is 30.0 Å². The molecule has 10 heteroatoms. The summed E-state index contributed by atoms with van der Waals surface area (Å²) < 4.78 is 41.8. The lowest BCUT2D eigenvalue weighted by Crippen LogP contribution is -2.46. The lowest BCUT2D eigenvalue weighted by molar-refractivity contribution is -0.137. The minimum atomic E-state index is -4.69. The average molecular weight is 506 g/mol. The van der Waals surface area contributed by atoms with Crippen molar-refractivity contribution in [2.75, 3.05) is 6.54 Å². The van der Waals surface area contributed by atoms with E-state index < -0.39 is 34.4 Å². The topological polar surface area (TPSA) is 71.8 Å². The van der Waals surface area contributed by atoms with Crippen LogP contribution in [0.5, 0.6) is 0 Å². The van der Waals surface area contributed by atoms with E-state index in [0.29, 0.717) is 0 Å². The zero-order chi connectivity index (χ0) is 25.2. The van der Waals surface area contributed by atoms with E-state index in [1.165, 1.54) is 0 Å². The maximum Gasteiger partial charge on any atom is 0.417 e. The molecule has 1 fully saturated rings. The van der Waals surface area contributed by atoms with E-state index in [0.717, 1.165) is 54.8 Å². The van der Waals surface area contributed by atoms with Crippen LogP contribution in [-0.2, 0) is 6.18 Å². The molecule has 4 rings (SSSR count). The second-order valence-electron chi connectivity index (χ2n) is 8.95. The summed E-state index contributed by atoms with van der Waals surface area (Å²) in [4.78, 5) is 17.0. The maximum absolute atomic E-state index is 13.3. The van der Waals surface area contributed by atoms with Gasteiger partial charge in [-0.25, -0.2) is 4.98 Å². The fourth-order valence-electron chi connectivity index (χ4n) is 4.29. The molecular weight excluding hydrogens is 479 g/mol. The summed E-state index contributed by atoms with van der Waals surface area (Å²) in [6.45, 7) is 4.88. The summed E-state index contributed by atoms with van der Waals surface area (Å²) in [5.41, 5.74) is 1.16. The van der Waals surface area contributed by atoms with Crippen molar-refractivity contribution in [3.05, 3.63) is 70.8 Å². The van der Waals surface area contributed by atoms with Crippen LogP contribution in [0.3, 0.4) is 0 Å². The molecule has 3 heterocycles. The minimum absolute atomic E-state index is 0.0917. The first kappa shape index (κ1) is 25.2. The number of carbonyl (C=O) groups excluding carboxylic acids is 1. The highest BCUT2D eigenvalue weighted by Crippen LogP contribution is 2.36. The number of aromatic nitrogens is 3. The minimum Gasteiger partial charge on any atom is -0.342 e. The highest BCUT2D eigenvalue weighted by Gasteiger charge is 2.36. The van der Waals surface area contributed by atoms with Crippen LogP contribution in [0.15, 0.2) is 48.9 Å². The number of benzene rings is 1. The van der Waals surface area contributed by atoms with Crippen LogP contribution in [0.4, 0.5) is 13.2 Å². The number of hydrogen-bond acceptors (Lipinski definition) is 4. The number of piperidine rings is 1. The number of rotatable bonds is 6.